The van der Waals surface area contributed by atoms with Gasteiger partial charge in [-0.2, -0.15) is 0 Å². The van der Waals surface area contributed by atoms with Crippen LogP contribution in [0.4, 0.5) is 5.69 Å². The number of rotatable bonds is 3. The highest BCUT2D eigenvalue weighted by Gasteiger charge is 2.29. The molecule has 0 saturated heterocycles. The van der Waals surface area contributed by atoms with Crippen LogP contribution in [0, 0.1) is 24.2 Å². The Labute approximate surface area is 129 Å². The molecule has 1 aromatic carbocycles. The predicted molar refractivity (Wildman–Crippen MR) is 89.6 cm³/mol. The van der Waals surface area contributed by atoms with Crippen molar-refractivity contribution in [1.29, 1.82) is 0 Å². The minimum absolute atomic E-state index is 0.471. The Hall–Kier alpha value is -0.690. The lowest BCUT2D eigenvalue weighted by Crippen LogP contribution is -2.28. The molecule has 0 bridgehead atoms. The summed E-state index contributed by atoms with van der Waals surface area (Å²) in [4.78, 5) is 0. The largest absolute Gasteiger partial charge is 0.384 e. The molecule has 2 heteroatoms. The van der Waals surface area contributed by atoms with Gasteiger partial charge >= 0.3 is 0 Å². The number of aryl methyl sites for hydroxylation is 1. The molecule has 0 atom stereocenters. The summed E-state index contributed by atoms with van der Waals surface area (Å²) in [7, 11) is 0. The molecule has 0 aliphatic heterocycles. The average molecular weight is 294 g/mol. The van der Waals surface area contributed by atoms with E-state index in [9.17, 15) is 0 Å². The molecular formula is C18H28ClN. The highest BCUT2D eigenvalue weighted by molar-refractivity contribution is 6.33. The molecule has 0 aromatic heterocycles. The number of halogens is 1. The third kappa shape index (κ3) is 4.15. The zero-order chi connectivity index (χ0) is 14.8. The van der Waals surface area contributed by atoms with Crippen LogP contribution in [-0.2, 0) is 0 Å². The second-order valence-corrected chi connectivity index (χ2v) is 7.86. The molecule has 0 radical (unpaired) electrons. The van der Waals surface area contributed by atoms with Gasteiger partial charge in [-0.15, -0.1) is 0 Å². The number of benzene rings is 1. The third-order valence-electron chi connectivity index (χ3n) is 4.78. The van der Waals surface area contributed by atoms with Crippen LogP contribution < -0.4 is 5.32 Å². The summed E-state index contributed by atoms with van der Waals surface area (Å²) in [6.45, 7) is 10.3. The van der Waals surface area contributed by atoms with Crippen molar-refractivity contribution in [2.24, 2.45) is 17.3 Å². The molecule has 1 N–H and O–H groups in total. The molecule has 1 aromatic rings. The van der Waals surface area contributed by atoms with Crippen LogP contribution in [0.2, 0.25) is 5.02 Å². The van der Waals surface area contributed by atoms with E-state index in [1.54, 1.807) is 0 Å². The molecule has 0 heterocycles. The summed E-state index contributed by atoms with van der Waals surface area (Å²) in [6.07, 6.45) is 5.44. The SMILES string of the molecule is Cc1ccc(NCC2CCC(C(C)(C)C)CC2)c(Cl)c1. The van der Waals surface area contributed by atoms with E-state index < -0.39 is 0 Å². The van der Waals surface area contributed by atoms with Crippen molar-refractivity contribution in [2.45, 2.75) is 53.4 Å². The van der Waals surface area contributed by atoms with E-state index in [0.717, 1.165) is 29.1 Å². The number of nitrogens with one attached hydrogen (secondary N) is 1. The maximum atomic E-state index is 6.27. The van der Waals surface area contributed by atoms with Gasteiger partial charge in [0, 0.05) is 6.54 Å². The lowest BCUT2D eigenvalue weighted by molar-refractivity contribution is 0.153. The molecule has 2 rings (SSSR count). The van der Waals surface area contributed by atoms with Gasteiger partial charge in [0.15, 0.2) is 0 Å². The monoisotopic (exact) mass is 293 g/mol. The van der Waals surface area contributed by atoms with Crippen LogP contribution in [0.15, 0.2) is 18.2 Å². The van der Waals surface area contributed by atoms with Gasteiger partial charge in [-0.3, -0.25) is 0 Å². The summed E-state index contributed by atoms with van der Waals surface area (Å²) < 4.78 is 0. The molecule has 1 aliphatic rings. The van der Waals surface area contributed by atoms with Gasteiger partial charge in [-0.25, -0.2) is 0 Å². The first-order valence-corrected chi connectivity index (χ1v) is 8.24. The van der Waals surface area contributed by atoms with Crippen LogP contribution >= 0.6 is 11.6 Å². The van der Waals surface area contributed by atoms with Gasteiger partial charge < -0.3 is 5.32 Å². The van der Waals surface area contributed by atoms with Crippen molar-refractivity contribution in [2.75, 3.05) is 11.9 Å². The van der Waals surface area contributed by atoms with Crippen molar-refractivity contribution < 1.29 is 0 Å². The molecule has 1 nitrogen and oxygen atoms in total. The fraction of sp³-hybridized carbons (Fsp3) is 0.667. The summed E-state index contributed by atoms with van der Waals surface area (Å²) >= 11 is 6.27. The second kappa shape index (κ2) is 6.39. The molecule has 1 saturated carbocycles. The molecule has 0 unspecified atom stereocenters. The van der Waals surface area contributed by atoms with Gasteiger partial charge in [0.1, 0.15) is 0 Å². The molecule has 0 spiro atoms. The molecule has 20 heavy (non-hydrogen) atoms. The summed E-state index contributed by atoms with van der Waals surface area (Å²) in [5, 5.41) is 4.37. The summed E-state index contributed by atoms with van der Waals surface area (Å²) in [6, 6.07) is 6.24. The number of hydrogen-bond donors (Lipinski definition) is 1. The fourth-order valence-electron chi connectivity index (χ4n) is 3.25. The van der Waals surface area contributed by atoms with Gasteiger partial charge in [-0.05, 0) is 67.6 Å². The first-order chi connectivity index (χ1) is 9.36. The highest BCUT2D eigenvalue weighted by Crippen LogP contribution is 2.39. The number of hydrogen-bond acceptors (Lipinski definition) is 1. The number of anilines is 1. The van der Waals surface area contributed by atoms with Crippen molar-refractivity contribution in [3.63, 3.8) is 0 Å². The quantitative estimate of drug-likeness (QED) is 0.730. The third-order valence-corrected chi connectivity index (χ3v) is 5.09. The first kappa shape index (κ1) is 15.7. The maximum Gasteiger partial charge on any atom is 0.0640 e. The average Bonchev–Trinajstić information content (AvgIpc) is 2.37. The van der Waals surface area contributed by atoms with Crippen LogP contribution in [0.1, 0.15) is 52.0 Å². The van der Waals surface area contributed by atoms with Crippen molar-refractivity contribution in [3.05, 3.63) is 28.8 Å². The van der Waals surface area contributed by atoms with Crippen molar-refractivity contribution in [1.82, 2.24) is 0 Å². The molecule has 1 aliphatic carbocycles. The van der Waals surface area contributed by atoms with E-state index in [1.807, 2.05) is 6.07 Å². The summed E-state index contributed by atoms with van der Waals surface area (Å²) in [5.74, 6) is 1.69. The highest BCUT2D eigenvalue weighted by atomic mass is 35.5. The van der Waals surface area contributed by atoms with Gasteiger partial charge in [0.25, 0.3) is 0 Å². The van der Waals surface area contributed by atoms with E-state index in [0.29, 0.717) is 5.41 Å². The van der Waals surface area contributed by atoms with Crippen molar-refractivity contribution >= 4 is 17.3 Å². The molecule has 1 fully saturated rings. The van der Waals surface area contributed by atoms with E-state index >= 15 is 0 Å². The van der Waals surface area contributed by atoms with E-state index in [-0.39, 0.29) is 0 Å². The Morgan fingerprint density at radius 2 is 1.80 bits per heavy atom. The fourth-order valence-corrected chi connectivity index (χ4v) is 3.55. The minimum atomic E-state index is 0.471. The Balaban J connectivity index is 1.82. The molecular weight excluding hydrogens is 266 g/mol. The van der Waals surface area contributed by atoms with Gasteiger partial charge in [-0.1, -0.05) is 38.4 Å². The van der Waals surface area contributed by atoms with Crippen LogP contribution in [0.5, 0.6) is 0 Å². The predicted octanol–water partition coefficient (Wildman–Crippen LogP) is 5.91. The topological polar surface area (TPSA) is 12.0 Å². The first-order valence-electron chi connectivity index (χ1n) is 7.86. The Kier molecular flexibility index (Phi) is 5.01. The van der Waals surface area contributed by atoms with Crippen LogP contribution in [0.25, 0.3) is 0 Å². The summed E-state index contributed by atoms with van der Waals surface area (Å²) in [5.41, 5.74) is 2.76. The van der Waals surface area contributed by atoms with Gasteiger partial charge in [0.2, 0.25) is 0 Å². The zero-order valence-corrected chi connectivity index (χ0v) is 14.1. The normalized spacial score (nSPS) is 23.6. The van der Waals surface area contributed by atoms with Crippen molar-refractivity contribution in [3.8, 4) is 0 Å². The Bertz CT molecular complexity index is 439. The lowest BCUT2D eigenvalue weighted by Gasteiger charge is -2.37. The zero-order valence-electron chi connectivity index (χ0n) is 13.3. The van der Waals surface area contributed by atoms with E-state index in [1.165, 1.54) is 31.2 Å². The smallest absolute Gasteiger partial charge is 0.0640 e. The minimum Gasteiger partial charge on any atom is -0.384 e. The maximum absolute atomic E-state index is 6.27. The molecule has 112 valence electrons. The standard InChI is InChI=1S/C18H28ClN/c1-13-5-10-17(16(19)11-13)20-12-14-6-8-15(9-7-14)18(2,3)4/h5,10-11,14-15,20H,6-9,12H2,1-4H3. The van der Waals surface area contributed by atoms with E-state index in [4.69, 9.17) is 11.6 Å². The van der Waals surface area contributed by atoms with Crippen LogP contribution in [-0.4, -0.2) is 6.54 Å². The Morgan fingerprint density at radius 3 is 2.35 bits per heavy atom. The van der Waals surface area contributed by atoms with E-state index in [2.05, 4.69) is 45.1 Å². The lowest BCUT2D eigenvalue weighted by atomic mass is 9.70. The van der Waals surface area contributed by atoms with Crippen LogP contribution in [0.3, 0.4) is 0 Å². The van der Waals surface area contributed by atoms with Gasteiger partial charge in [0.05, 0.1) is 10.7 Å². The second-order valence-electron chi connectivity index (χ2n) is 7.45. The Morgan fingerprint density at radius 1 is 1.15 bits per heavy atom. The molecule has 0 amide bonds.